The Hall–Kier alpha value is -2.99. The first-order chi connectivity index (χ1) is 15.1. The van der Waals surface area contributed by atoms with Crippen LogP contribution in [0.1, 0.15) is 58.8 Å². The van der Waals surface area contributed by atoms with E-state index in [1.807, 2.05) is 71.8 Å². The van der Waals surface area contributed by atoms with Gasteiger partial charge in [-0.3, -0.25) is 9.59 Å². The van der Waals surface area contributed by atoms with E-state index in [1.54, 1.807) is 0 Å². The monoisotopic (exact) mass is 431 g/mol. The molecule has 0 saturated heterocycles. The SMILES string of the molecule is Cc1csc(NC(=O)[C@H]2c3ccccc3C(=O)N(Cc3ccccc3)C23CCCC3)n1. The molecular weight excluding hydrogens is 406 g/mol. The van der Waals surface area contributed by atoms with E-state index in [9.17, 15) is 9.59 Å². The first-order valence-corrected chi connectivity index (χ1v) is 11.6. The minimum Gasteiger partial charge on any atom is -0.327 e. The second-order valence-corrected chi connectivity index (χ2v) is 9.35. The molecule has 0 unspecified atom stereocenters. The number of carbonyl (C=O) groups is 2. The maximum Gasteiger partial charge on any atom is 0.254 e. The van der Waals surface area contributed by atoms with Crippen LogP contribution < -0.4 is 5.32 Å². The zero-order valence-electron chi connectivity index (χ0n) is 17.5. The van der Waals surface area contributed by atoms with Crippen LogP contribution >= 0.6 is 11.3 Å². The summed E-state index contributed by atoms with van der Waals surface area (Å²) >= 11 is 1.43. The van der Waals surface area contributed by atoms with Crippen molar-refractivity contribution in [3.05, 3.63) is 82.4 Å². The van der Waals surface area contributed by atoms with Gasteiger partial charge in [-0.1, -0.05) is 61.4 Å². The molecule has 2 heterocycles. The van der Waals surface area contributed by atoms with Gasteiger partial charge in [0.1, 0.15) is 0 Å². The second kappa shape index (κ2) is 7.93. The summed E-state index contributed by atoms with van der Waals surface area (Å²) in [5.74, 6) is -0.471. The normalized spacial score (nSPS) is 19.5. The van der Waals surface area contributed by atoms with Gasteiger partial charge in [0, 0.05) is 17.5 Å². The lowest BCUT2D eigenvalue weighted by Gasteiger charge is -2.50. The number of aromatic nitrogens is 1. The molecule has 5 rings (SSSR count). The summed E-state index contributed by atoms with van der Waals surface area (Å²) in [4.78, 5) is 33.8. The van der Waals surface area contributed by atoms with Gasteiger partial charge >= 0.3 is 0 Å². The van der Waals surface area contributed by atoms with Crippen molar-refractivity contribution in [3.63, 3.8) is 0 Å². The highest BCUT2D eigenvalue weighted by molar-refractivity contribution is 7.13. The molecule has 1 aromatic heterocycles. The molecule has 3 aromatic rings. The Morgan fingerprint density at radius 2 is 1.84 bits per heavy atom. The fourth-order valence-corrected chi connectivity index (χ4v) is 5.94. The average Bonchev–Trinajstić information content (AvgIpc) is 3.42. The van der Waals surface area contributed by atoms with Gasteiger partial charge < -0.3 is 10.2 Å². The Balaban J connectivity index is 1.60. The Bertz CT molecular complexity index is 1120. The molecule has 1 aliphatic heterocycles. The Labute approximate surface area is 186 Å². The summed E-state index contributed by atoms with van der Waals surface area (Å²) in [7, 11) is 0. The van der Waals surface area contributed by atoms with E-state index in [1.165, 1.54) is 11.3 Å². The van der Waals surface area contributed by atoms with Crippen LogP contribution in [0, 0.1) is 6.92 Å². The molecule has 2 amide bonds. The maximum absolute atomic E-state index is 13.7. The van der Waals surface area contributed by atoms with Crippen molar-refractivity contribution >= 4 is 28.3 Å². The van der Waals surface area contributed by atoms with Gasteiger partial charge in [0.2, 0.25) is 5.91 Å². The molecule has 0 radical (unpaired) electrons. The second-order valence-electron chi connectivity index (χ2n) is 8.49. The average molecular weight is 432 g/mol. The van der Waals surface area contributed by atoms with Crippen LogP contribution in [0.25, 0.3) is 0 Å². The van der Waals surface area contributed by atoms with Crippen molar-refractivity contribution in [2.45, 2.75) is 50.6 Å². The lowest BCUT2D eigenvalue weighted by atomic mass is 9.71. The highest BCUT2D eigenvalue weighted by Gasteiger charge is 2.55. The van der Waals surface area contributed by atoms with E-state index in [0.29, 0.717) is 17.2 Å². The van der Waals surface area contributed by atoms with Crippen LogP contribution in [0.3, 0.4) is 0 Å². The summed E-state index contributed by atoms with van der Waals surface area (Å²) in [5.41, 5.74) is 2.92. The third kappa shape index (κ3) is 3.45. The largest absolute Gasteiger partial charge is 0.327 e. The summed E-state index contributed by atoms with van der Waals surface area (Å²) < 4.78 is 0. The summed E-state index contributed by atoms with van der Waals surface area (Å²) in [6.07, 6.45) is 3.69. The third-order valence-corrected chi connectivity index (χ3v) is 7.46. The molecule has 1 atom stereocenters. The molecule has 2 aromatic carbocycles. The number of thiazole rings is 1. The lowest BCUT2D eigenvalue weighted by molar-refractivity contribution is -0.121. The molecule has 1 N–H and O–H groups in total. The van der Waals surface area contributed by atoms with E-state index in [2.05, 4.69) is 10.3 Å². The van der Waals surface area contributed by atoms with E-state index in [-0.39, 0.29) is 11.8 Å². The van der Waals surface area contributed by atoms with Crippen molar-refractivity contribution in [2.75, 3.05) is 5.32 Å². The predicted octanol–water partition coefficient (Wildman–Crippen LogP) is 5.14. The number of benzene rings is 2. The van der Waals surface area contributed by atoms with Crippen LogP contribution in [0.2, 0.25) is 0 Å². The van der Waals surface area contributed by atoms with E-state index in [0.717, 1.165) is 42.5 Å². The van der Waals surface area contributed by atoms with Crippen molar-refractivity contribution < 1.29 is 9.59 Å². The van der Waals surface area contributed by atoms with Crippen LogP contribution in [-0.2, 0) is 11.3 Å². The van der Waals surface area contributed by atoms with Gasteiger partial charge in [0.15, 0.2) is 5.13 Å². The molecule has 1 saturated carbocycles. The number of fused-ring (bicyclic) bond motifs is 1. The highest BCUT2D eigenvalue weighted by Crippen LogP contribution is 2.51. The van der Waals surface area contributed by atoms with Crippen LogP contribution in [0.4, 0.5) is 5.13 Å². The number of amides is 2. The molecule has 1 spiro atoms. The van der Waals surface area contributed by atoms with Crippen LogP contribution in [0.15, 0.2) is 60.0 Å². The fourth-order valence-electron chi connectivity index (χ4n) is 5.25. The number of anilines is 1. The van der Waals surface area contributed by atoms with E-state index < -0.39 is 11.5 Å². The number of aryl methyl sites for hydroxylation is 1. The van der Waals surface area contributed by atoms with Crippen LogP contribution in [-0.4, -0.2) is 27.2 Å². The van der Waals surface area contributed by atoms with E-state index in [4.69, 9.17) is 0 Å². The molecule has 158 valence electrons. The first kappa shape index (κ1) is 19.9. The minimum atomic E-state index is -0.516. The van der Waals surface area contributed by atoms with Gasteiger partial charge in [0.25, 0.3) is 5.91 Å². The van der Waals surface area contributed by atoms with Gasteiger partial charge in [0.05, 0.1) is 17.2 Å². The number of rotatable bonds is 4. The maximum atomic E-state index is 13.7. The number of hydrogen-bond acceptors (Lipinski definition) is 4. The quantitative estimate of drug-likeness (QED) is 0.622. The fraction of sp³-hybridized carbons (Fsp3) is 0.320. The number of carbonyl (C=O) groups excluding carboxylic acids is 2. The Morgan fingerprint density at radius 3 is 2.55 bits per heavy atom. The molecular formula is C25H25N3O2S. The van der Waals surface area contributed by atoms with Gasteiger partial charge in [-0.15, -0.1) is 11.3 Å². The van der Waals surface area contributed by atoms with Crippen molar-refractivity contribution in [1.29, 1.82) is 0 Å². The molecule has 1 aliphatic carbocycles. The smallest absolute Gasteiger partial charge is 0.254 e. The Morgan fingerprint density at radius 1 is 1.13 bits per heavy atom. The van der Waals surface area contributed by atoms with Crippen molar-refractivity contribution in [3.8, 4) is 0 Å². The lowest BCUT2D eigenvalue weighted by Crippen LogP contribution is -2.59. The topological polar surface area (TPSA) is 62.3 Å². The molecule has 1 fully saturated rings. The minimum absolute atomic E-state index is 0.0236. The molecule has 5 nitrogen and oxygen atoms in total. The Kier molecular flexibility index (Phi) is 5.10. The molecule has 0 bridgehead atoms. The van der Waals surface area contributed by atoms with E-state index >= 15 is 0 Å². The van der Waals surface area contributed by atoms with Crippen molar-refractivity contribution in [2.24, 2.45) is 0 Å². The molecule has 31 heavy (non-hydrogen) atoms. The number of hydrogen-bond donors (Lipinski definition) is 1. The van der Waals surface area contributed by atoms with Gasteiger partial charge in [-0.05, 0) is 37.0 Å². The van der Waals surface area contributed by atoms with Crippen LogP contribution in [0.5, 0.6) is 0 Å². The third-order valence-electron chi connectivity index (χ3n) is 6.59. The van der Waals surface area contributed by atoms with Gasteiger partial charge in [-0.25, -0.2) is 4.98 Å². The number of nitrogens with one attached hydrogen (secondary N) is 1. The van der Waals surface area contributed by atoms with Crippen molar-refractivity contribution in [1.82, 2.24) is 9.88 Å². The number of nitrogens with zero attached hydrogens (tertiary/aromatic N) is 2. The molecule has 2 aliphatic rings. The summed E-state index contributed by atoms with van der Waals surface area (Å²) in [6, 6.07) is 17.7. The zero-order chi connectivity index (χ0) is 21.4. The zero-order valence-corrected chi connectivity index (χ0v) is 18.3. The summed E-state index contributed by atoms with van der Waals surface area (Å²) in [5, 5.41) is 5.60. The highest BCUT2D eigenvalue weighted by atomic mass is 32.1. The van der Waals surface area contributed by atoms with Gasteiger partial charge in [-0.2, -0.15) is 0 Å². The predicted molar refractivity (Wildman–Crippen MR) is 122 cm³/mol. The standard InChI is InChI=1S/C25H25N3O2S/c1-17-16-31-24(26-17)27-22(29)21-19-11-5-6-12-20(19)23(30)28(25(21)13-7-8-14-25)15-18-9-3-2-4-10-18/h2-6,9-12,16,21H,7-8,13-15H2,1H3,(H,26,27,29)/t21-/m1/s1. The molecule has 6 heteroatoms. The summed E-state index contributed by atoms with van der Waals surface area (Å²) in [6.45, 7) is 2.43. The first-order valence-electron chi connectivity index (χ1n) is 10.8.